The second-order valence-electron chi connectivity index (χ2n) is 3.77. The number of rotatable bonds is 4. The van der Waals surface area contributed by atoms with Gasteiger partial charge in [0.1, 0.15) is 0 Å². The number of halogens is 1. The van der Waals surface area contributed by atoms with Gasteiger partial charge in [-0.05, 0) is 29.3 Å². The van der Waals surface area contributed by atoms with Crippen LogP contribution < -0.4 is 5.73 Å². The molecule has 0 amide bonds. The summed E-state index contributed by atoms with van der Waals surface area (Å²) in [6.07, 6.45) is 0. The summed E-state index contributed by atoms with van der Waals surface area (Å²) >= 11 is 5.34. The van der Waals surface area contributed by atoms with Gasteiger partial charge in [-0.1, -0.05) is 46.3 Å². The lowest BCUT2D eigenvalue weighted by atomic mass is 10.2. The van der Waals surface area contributed by atoms with Crippen LogP contribution in [0.1, 0.15) is 11.1 Å². The van der Waals surface area contributed by atoms with Crippen LogP contribution in [0.2, 0.25) is 0 Å². The van der Waals surface area contributed by atoms with Gasteiger partial charge in [0.25, 0.3) is 0 Å². The van der Waals surface area contributed by atoms with E-state index in [9.17, 15) is 0 Å². The molecule has 0 aliphatic rings. The molecule has 2 rings (SSSR count). The number of hydrogen-bond acceptors (Lipinski definition) is 2. The molecule has 0 radical (unpaired) electrons. The molecule has 0 saturated heterocycles. The van der Waals surface area contributed by atoms with Crippen LogP contribution in [0.4, 0.5) is 0 Å². The van der Waals surface area contributed by atoms with Gasteiger partial charge in [0.05, 0.1) is 0 Å². The van der Waals surface area contributed by atoms with Gasteiger partial charge in [-0.15, -0.1) is 11.8 Å². The fourth-order valence-corrected chi connectivity index (χ4v) is 3.23. The van der Waals surface area contributed by atoms with Crippen molar-refractivity contribution < 1.29 is 0 Å². The Balaban J connectivity index is 2.06. The van der Waals surface area contributed by atoms with Gasteiger partial charge in [-0.2, -0.15) is 0 Å². The molecule has 0 spiro atoms. The average molecular weight is 308 g/mol. The molecular weight excluding hydrogens is 294 g/mol. The van der Waals surface area contributed by atoms with E-state index < -0.39 is 0 Å². The molecule has 0 heterocycles. The van der Waals surface area contributed by atoms with Gasteiger partial charge in [-0.25, -0.2) is 0 Å². The minimum Gasteiger partial charge on any atom is -0.326 e. The van der Waals surface area contributed by atoms with Crippen molar-refractivity contribution in [2.45, 2.75) is 17.2 Å². The zero-order valence-corrected chi connectivity index (χ0v) is 11.8. The Labute approximate surface area is 115 Å². The topological polar surface area (TPSA) is 26.0 Å². The van der Waals surface area contributed by atoms with Crippen LogP contribution >= 0.6 is 27.7 Å². The first kappa shape index (κ1) is 12.7. The molecule has 0 aromatic heterocycles. The van der Waals surface area contributed by atoms with E-state index in [-0.39, 0.29) is 0 Å². The maximum atomic E-state index is 5.66. The first-order valence-electron chi connectivity index (χ1n) is 5.44. The molecular formula is C14H14BrNS. The lowest BCUT2D eigenvalue weighted by Crippen LogP contribution is -1.96. The molecule has 17 heavy (non-hydrogen) atoms. The molecule has 2 aromatic rings. The standard InChI is InChI=1S/C14H14BrNS/c15-13-6-12(9-16)7-14(8-13)17-10-11-4-2-1-3-5-11/h1-8H,9-10,16H2. The summed E-state index contributed by atoms with van der Waals surface area (Å²) in [5.41, 5.74) is 8.17. The van der Waals surface area contributed by atoms with E-state index in [1.165, 1.54) is 10.5 Å². The third-order valence-corrected chi connectivity index (χ3v) is 3.92. The monoisotopic (exact) mass is 307 g/mol. The number of benzene rings is 2. The van der Waals surface area contributed by atoms with Crippen molar-refractivity contribution in [1.29, 1.82) is 0 Å². The van der Waals surface area contributed by atoms with Crippen molar-refractivity contribution in [2.75, 3.05) is 0 Å². The van der Waals surface area contributed by atoms with Crippen LogP contribution in [0, 0.1) is 0 Å². The molecule has 0 bridgehead atoms. The van der Waals surface area contributed by atoms with Crippen LogP contribution in [0.3, 0.4) is 0 Å². The van der Waals surface area contributed by atoms with Gasteiger partial charge in [0.2, 0.25) is 0 Å². The molecule has 0 aliphatic carbocycles. The molecule has 0 fully saturated rings. The summed E-state index contributed by atoms with van der Waals surface area (Å²) in [5, 5.41) is 0. The van der Waals surface area contributed by atoms with Crippen LogP contribution in [-0.2, 0) is 12.3 Å². The third kappa shape index (κ3) is 3.87. The van der Waals surface area contributed by atoms with E-state index in [0.717, 1.165) is 15.8 Å². The molecule has 0 aliphatic heterocycles. The fourth-order valence-electron chi connectivity index (χ4n) is 1.56. The van der Waals surface area contributed by atoms with E-state index in [1.54, 1.807) is 0 Å². The highest BCUT2D eigenvalue weighted by Gasteiger charge is 2.00. The van der Waals surface area contributed by atoms with Crippen molar-refractivity contribution in [1.82, 2.24) is 0 Å². The Hall–Kier alpha value is -0.770. The summed E-state index contributed by atoms with van der Waals surface area (Å²) in [6, 6.07) is 16.8. The second kappa shape index (κ2) is 6.24. The molecule has 88 valence electrons. The normalized spacial score (nSPS) is 10.5. The van der Waals surface area contributed by atoms with Crippen molar-refractivity contribution in [2.24, 2.45) is 5.73 Å². The molecule has 3 heteroatoms. The largest absolute Gasteiger partial charge is 0.326 e. The predicted octanol–water partition coefficient (Wildman–Crippen LogP) is 4.20. The Morgan fingerprint density at radius 3 is 2.47 bits per heavy atom. The molecule has 0 atom stereocenters. The number of thioether (sulfide) groups is 1. The van der Waals surface area contributed by atoms with Gasteiger partial charge in [0, 0.05) is 21.7 Å². The van der Waals surface area contributed by atoms with Gasteiger partial charge >= 0.3 is 0 Å². The first-order valence-corrected chi connectivity index (χ1v) is 7.22. The van der Waals surface area contributed by atoms with E-state index in [4.69, 9.17) is 5.73 Å². The Kier molecular flexibility index (Phi) is 4.66. The molecule has 0 saturated carbocycles. The molecule has 2 N–H and O–H groups in total. The summed E-state index contributed by atoms with van der Waals surface area (Å²) in [7, 11) is 0. The van der Waals surface area contributed by atoms with Crippen LogP contribution in [0.5, 0.6) is 0 Å². The number of hydrogen-bond donors (Lipinski definition) is 1. The van der Waals surface area contributed by atoms with E-state index in [1.807, 2.05) is 17.8 Å². The highest BCUT2D eigenvalue weighted by molar-refractivity contribution is 9.10. The van der Waals surface area contributed by atoms with E-state index in [2.05, 4.69) is 58.4 Å². The highest BCUT2D eigenvalue weighted by atomic mass is 79.9. The van der Waals surface area contributed by atoms with Crippen molar-refractivity contribution in [3.05, 3.63) is 64.1 Å². The van der Waals surface area contributed by atoms with E-state index >= 15 is 0 Å². The lowest BCUT2D eigenvalue weighted by molar-refractivity contribution is 1.06. The average Bonchev–Trinajstić information content (AvgIpc) is 2.37. The van der Waals surface area contributed by atoms with Crippen LogP contribution in [0.25, 0.3) is 0 Å². The SMILES string of the molecule is NCc1cc(Br)cc(SCc2ccccc2)c1. The first-order chi connectivity index (χ1) is 8.28. The predicted molar refractivity (Wildman–Crippen MR) is 78.0 cm³/mol. The van der Waals surface area contributed by atoms with Gasteiger partial charge in [-0.3, -0.25) is 0 Å². The summed E-state index contributed by atoms with van der Waals surface area (Å²) in [4.78, 5) is 1.25. The van der Waals surface area contributed by atoms with Gasteiger partial charge < -0.3 is 5.73 Å². The summed E-state index contributed by atoms with van der Waals surface area (Å²) in [5.74, 6) is 0.987. The second-order valence-corrected chi connectivity index (χ2v) is 5.74. The molecule has 0 unspecified atom stereocenters. The minimum atomic E-state index is 0.582. The van der Waals surface area contributed by atoms with Crippen molar-refractivity contribution in [3.63, 3.8) is 0 Å². The lowest BCUT2D eigenvalue weighted by Gasteiger charge is -2.05. The maximum Gasteiger partial charge on any atom is 0.0232 e. The Bertz CT molecular complexity index is 485. The summed E-state index contributed by atoms with van der Waals surface area (Å²) < 4.78 is 1.09. The number of nitrogens with two attached hydrogens (primary N) is 1. The van der Waals surface area contributed by atoms with E-state index in [0.29, 0.717) is 6.54 Å². The third-order valence-electron chi connectivity index (χ3n) is 2.42. The van der Waals surface area contributed by atoms with Crippen LogP contribution in [0.15, 0.2) is 57.9 Å². The maximum absolute atomic E-state index is 5.66. The quantitative estimate of drug-likeness (QED) is 0.857. The van der Waals surface area contributed by atoms with Gasteiger partial charge in [0.15, 0.2) is 0 Å². The van der Waals surface area contributed by atoms with Crippen molar-refractivity contribution in [3.8, 4) is 0 Å². The smallest absolute Gasteiger partial charge is 0.0232 e. The molecule has 1 nitrogen and oxygen atoms in total. The van der Waals surface area contributed by atoms with Crippen LogP contribution in [-0.4, -0.2) is 0 Å². The summed E-state index contributed by atoms with van der Waals surface area (Å²) in [6.45, 7) is 0.582. The zero-order valence-electron chi connectivity index (χ0n) is 9.40. The highest BCUT2D eigenvalue weighted by Crippen LogP contribution is 2.27. The Morgan fingerprint density at radius 1 is 1.00 bits per heavy atom. The Morgan fingerprint density at radius 2 is 1.76 bits per heavy atom. The minimum absolute atomic E-state index is 0.582. The zero-order chi connectivity index (χ0) is 12.1. The fraction of sp³-hybridized carbons (Fsp3) is 0.143. The van der Waals surface area contributed by atoms with Crippen molar-refractivity contribution >= 4 is 27.7 Å². The molecule has 2 aromatic carbocycles.